The zero-order valence-electron chi connectivity index (χ0n) is 11.3. The normalized spacial score (nSPS) is 11.2. The third kappa shape index (κ3) is 3.73. The molecule has 0 radical (unpaired) electrons. The number of aromatic nitrogens is 2. The van der Waals surface area contributed by atoms with Crippen LogP contribution in [0.2, 0.25) is 5.15 Å². The van der Waals surface area contributed by atoms with Crippen LogP contribution >= 0.6 is 11.6 Å². The molecule has 7 nitrogen and oxygen atoms in total. The molecule has 0 fully saturated rings. The first kappa shape index (κ1) is 15.3. The Balaban J connectivity index is 2.39. The minimum Gasteiger partial charge on any atom is -0.481 e. The summed E-state index contributed by atoms with van der Waals surface area (Å²) in [5.41, 5.74) is 6.72. The number of anilines is 2. The van der Waals surface area contributed by atoms with Gasteiger partial charge in [-0.3, -0.25) is 0 Å². The second-order valence-electron chi connectivity index (χ2n) is 4.24. The molecule has 3 N–H and O–H groups in total. The maximum atomic E-state index is 12.3. The van der Waals surface area contributed by atoms with Crippen molar-refractivity contribution in [3.63, 3.8) is 0 Å². The standard InChI is InChI=1S/C12H13ClN4O3S/c1-7-3-8(14)5-9(4-7)21(18,19)17-12-15-10(13)6-11(16-12)20-2/h3-6H,14H2,1-2H3,(H,15,16,17). The number of halogens is 1. The van der Waals surface area contributed by atoms with Crippen LogP contribution in [0.3, 0.4) is 0 Å². The van der Waals surface area contributed by atoms with Gasteiger partial charge in [0, 0.05) is 11.8 Å². The molecule has 1 aromatic carbocycles. The number of rotatable bonds is 4. The molecule has 0 amide bonds. The summed E-state index contributed by atoms with van der Waals surface area (Å²) in [6.45, 7) is 1.74. The fourth-order valence-corrected chi connectivity index (χ4v) is 2.91. The van der Waals surface area contributed by atoms with Crippen LogP contribution in [0.1, 0.15) is 5.56 Å². The van der Waals surface area contributed by atoms with E-state index in [4.69, 9.17) is 22.1 Å². The van der Waals surface area contributed by atoms with E-state index in [0.717, 1.165) is 5.56 Å². The molecule has 0 spiro atoms. The molecule has 1 aromatic heterocycles. The summed E-state index contributed by atoms with van der Waals surface area (Å²) >= 11 is 5.77. The van der Waals surface area contributed by atoms with Gasteiger partial charge in [-0.05, 0) is 30.7 Å². The van der Waals surface area contributed by atoms with E-state index in [2.05, 4.69) is 14.7 Å². The maximum absolute atomic E-state index is 12.3. The van der Waals surface area contributed by atoms with Crippen molar-refractivity contribution < 1.29 is 13.2 Å². The van der Waals surface area contributed by atoms with Gasteiger partial charge < -0.3 is 10.5 Å². The molecule has 21 heavy (non-hydrogen) atoms. The van der Waals surface area contributed by atoms with Gasteiger partial charge in [0.25, 0.3) is 10.0 Å². The van der Waals surface area contributed by atoms with Gasteiger partial charge in [0.1, 0.15) is 5.15 Å². The van der Waals surface area contributed by atoms with Crippen LogP contribution in [0.25, 0.3) is 0 Å². The Morgan fingerprint density at radius 2 is 1.95 bits per heavy atom. The lowest BCUT2D eigenvalue weighted by atomic mass is 10.2. The van der Waals surface area contributed by atoms with Crippen LogP contribution in [0.5, 0.6) is 5.88 Å². The third-order valence-electron chi connectivity index (χ3n) is 2.49. The number of hydrogen-bond acceptors (Lipinski definition) is 6. The molecule has 0 saturated carbocycles. The number of nitrogens with two attached hydrogens (primary N) is 1. The SMILES string of the molecule is COc1cc(Cl)nc(NS(=O)(=O)c2cc(C)cc(N)c2)n1. The zero-order valence-corrected chi connectivity index (χ0v) is 12.9. The highest BCUT2D eigenvalue weighted by Gasteiger charge is 2.17. The summed E-state index contributed by atoms with van der Waals surface area (Å²) in [6, 6.07) is 5.86. The van der Waals surface area contributed by atoms with Crippen molar-refractivity contribution in [2.45, 2.75) is 11.8 Å². The summed E-state index contributed by atoms with van der Waals surface area (Å²) in [6.07, 6.45) is 0. The lowest BCUT2D eigenvalue weighted by Crippen LogP contribution is -2.15. The molecule has 0 atom stereocenters. The lowest BCUT2D eigenvalue weighted by molar-refractivity contribution is 0.397. The summed E-state index contributed by atoms with van der Waals surface area (Å²) in [4.78, 5) is 7.67. The van der Waals surface area contributed by atoms with E-state index in [0.29, 0.717) is 5.69 Å². The summed E-state index contributed by atoms with van der Waals surface area (Å²) in [5.74, 6) is -0.0316. The van der Waals surface area contributed by atoms with Crippen molar-refractivity contribution in [2.24, 2.45) is 0 Å². The van der Waals surface area contributed by atoms with Gasteiger partial charge in [-0.1, -0.05) is 11.6 Å². The molecular formula is C12H13ClN4O3S. The minimum atomic E-state index is -3.87. The number of benzene rings is 1. The highest BCUT2D eigenvalue weighted by Crippen LogP contribution is 2.21. The van der Waals surface area contributed by atoms with Crippen molar-refractivity contribution in [1.82, 2.24) is 9.97 Å². The van der Waals surface area contributed by atoms with Gasteiger partial charge in [0.2, 0.25) is 11.8 Å². The molecule has 2 rings (SSSR count). The first-order valence-corrected chi connectivity index (χ1v) is 7.65. The molecular weight excluding hydrogens is 316 g/mol. The van der Waals surface area contributed by atoms with Gasteiger partial charge in [-0.25, -0.2) is 18.1 Å². The van der Waals surface area contributed by atoms with Crippen LogP contribution in [-0.2, 0) is 10.0 Å². The Kier molecular flexibility index (Phi) is 4.19. The average molecular weight is 329 g/mol. The molecule has 0 saturated heterocycles. The van der Waals surface area contributed by atoms with Crippen molar-refractivity contribution in [1.29, 1.82) is 0 Å². The van der Waals surface area contributed by atoms with E-state index >= 15 is 0 Å². The summed E-state index contributed by atoms with van der Waals surface area (Å²) < 4.78 is 31.7. The molecule has 0 aliphatic carbocycles. The van der Waals surface area contributed by atoms with Gasteiger partial charge in [-0.2, -0.15) is 4.98 Å². The van der Waals surface area contributed by atoms with Crippen LogP contribution < -0.4 is 15.2 Å². The first-order chi connectivity index (χ1) is 9.80. The van der Waals surface area contributed by atoms with Crippen LogP contribution in [0.15, 0.2) is 29.2 Å². The van der Waals surface area contributed by atoms with Gasteiger partial charge in [-0.15, -0.1) is 0 Å². The van der Waals surface area contributed by atoms with E-state index in [-0.39, 0.29) is 21.9 Å². The fourth-order valence-electron chi connectivity index (χ4n) is 1.66. The smallest absolute Gasteiger partial charge is 0.264 e. The zero-order chi connectivity index (χ0) is 15.6. The highest BCUT2D eigenvalue weighted by atomic mass is 35.5. The Hall–Kier alpha value is -2.06. The predicted molar refractivity (Wildman–Crippen MR) is 80.0 cm³/mol. The molecule has 2 aromatic rings. The lowest BCUT2D eigenvalue weighted by Gasteiger charge is -2.09. The number of nitrogens with one attached hydrogen (secondary N) is 1. The van der Waals surface area contributed by atoms with Gasteiger partial charge in [0.05, 0.1) is 12.0 Å². The van der Waals surface area contributed by atoms with Crippen molar-refractivity contribution in [3.8, 4) is 5.88 Å². The highest BCUT2D eigenvalue weighted by molar-refractivity contribution is 7.92. The first-order valence-electron chi connectivity index (χ1n) is 5.79. The monoisotopic (exact) mass is 328 g/mol. The Labute approximate surface area is 127 Å². The quantitative estimate of drug-likeness (QED) is 0.655. The topological polar surface area (TPSA) is 107 Å². The van der Waals surface area contributed by atoms with Crippen LogP contribution in [0, 0.1) is 6.92 Å². The minimum absolute atomic E-state index is 0.0162. The predicted octanol–water partition coefficient (Wildman–Crippen LogP) is 1.83. The second kappa shape index (κ2) is 5.74. The molecule has 0 bridgehead atoms. The number of methoxy groups -OCH3 is 1. The number of aryl methyl sites for hydroxylation is 1. The Morgan fingerprint density at radius 3 is 2.57 bits per heavy atom. The average Bonchev–Trinajstić information content (AvgIpc) is 2.36. The fraction of sp³-hybridized carbons (Fsp3) is 0.167. The third-order valence-corrected chi connectivity index (χ3v) is 3.99. The molecule has 0 aliphatic rings. The summed E-state index contributed by atoms with van der Waals surface area (Å²) in [5, 5.41) is 0.0586. The molecule has 9 heteroatoms. The Morgan fingerprint density at radius 1 is 1.24 bits per heavy atom. The van der Waals surface area contributed by atoms with Crippen molar-refractivity contribution >= 4 is 33.3 Å². The van der Waals surface area contributed by atoms with E-state index in [9.17, 15) is 8.42 Å². The van der Waals surface area contributed by atoms with E-state index in [1.807, 2.05) is 0 Å². The van der Waals surface area contributed by atoms with E-state index in [1.165, 1.54) is 25.3 Å². The number of nitrogen functional groups attached to an aromatic ring is 1. The van der Waals surface area contributed by atoms with Crippen LogP contribution in [0.4, 0.5) is 11.6 Å². The molecule has 0 unspecified atom stereocenters. The largest absolute Gasteiger partial charge is 0.481 e. The van der Waals surface area contributed by atoms with Gasteiger partial charge in [0.15, 0.2) is 0 Å². The Bertz CT molecular complexity index is 760. The number of hydrogen-bond donors (Lipinski definition) is 2. The number of sulfonamides is 1. The maximum Gasteiger partial charge on any atom is 0.264 e. The van der Waals surface area contributed by atoms with Crippen molar-refractivity contribution in [3.05, 3.63) is 35.0 Å². The molecule has 1 heterocycles. The second-order valence-corrected chi connectivity index (χ2v) is 6.31. The van der Waals surface area contributed by atoms with Crippen LogP contribution in [-0.4, -0.2) is 25.5 Å². The molecule has 0 aliphatic heterocycles. The summed E-state index contributed by atoms with van der Waals surface area (Å²) in [7, 11) is -2.48. The number of ether oxygens (including phenoxy) is 1. The number of nitrogens with zero attached hydrogens (tertiary/aromatic N) is 2. The van der Waals surface area contributed by atoms with E-state index < -0.39 is 10.0 Å². The van der Waals surface area contributed by atoms with E-state index in [1.54, 1.807) is 13.0 Å². The molecule has 112 valence electrons. The van der Waals surface area contributed by atoms with Crippen molar-refractivity contribution in [2.75, 3.05) is 17.6 Å². The van der Waals surface area contributed by atoms with Gasteiger partial charge >= 0.3 is 0 Å².